The highest BCUT2D eigenvalue weighted by Gasteiger charge is 2.18. The van der Waals surface area contributed by atoms with Crippen molar-refractivity contribution in [2.45, 2.75) is 13.0 Å². The predicted octanol–water partition coefficient (Wildman–Crippen LogP) is 2.59. The second kappa shape index (κ2) is 3.35. The lowest BCUT2D eigenvalue weighted by atomic mass is 10.1. The minimum atomic E-state index is 0.995. The molecule has 1 N–H and O–H groups in total. The summed E-state index contributed by atoms with van der Waals surface area (Å²) in [6.07, 6.45) is 1.13. The van der Waals surface area contributed by atoms with E-state index in [4.69, 9.17) is 0 Å². The van der Waals surface area contributed by atoms with Gasteiger partial charge in [-0.25, -0.2) is 0 Å². The van der Waals surface area contributed by atoms with Crippen LogP contribution in [0.3, 0.4) is 0 Å². The number of rotatable bonds is 0. The number of halogens is 1. The van der Waals surface area contributed by atoms with Gasteiger partial charge in [0.2, 0.25) is 0 Å². The Hall–Kier alpha value is -0.800. The molecule has 0 unspecified atom stereocenters. The molecule has 2 aromatic rings. The molecule has 2 nitrogen and oxygen atoms in total. The largest absolute Gasteiger partial charge is 0.347 e. The van der Waals surface area contributed by atoms with Crippen LogP contribution in [0.4, 0.5) is 0 Å². The summed E-state index contributed by atoms with van der Waals surface area (Å²) in [5.74, 6) is 0. The average Bonchev–Trinajstić information content (AvgIpc) is 2.55. The molecule has 0 aliphatic carbocycles. The van der Waals surface area contributed by atoms with E-state index < -0.39 is 0 Å². The van der Waals surface area contributed by atoms with Crippen LogP contribution in [-0.2, 0) is 20.0 Å². The van der Waals surface area contributed by atoms with Gasteiger partial charge in [0.15, 0.2) is 0 Å². The SMILES string of the molecule is Cn1c2c(c3c(Br)cccc31)CNCC2. The molecule has 1 aromatic heterocycles. The van der Waals surface area contributed by atoms with E-state index in [9.17, 15) is 0 Å². The van der Waals surface area contributed by atoms with Gasteiger partial charge in [-0.05, 0) is 17.7 Å². The molecule has 0 saturated carbocycles. The van der Waals surface area contributed by atoms with E-state index >= 15 is 0 Å². The van der Waals surface area contributed by atoms with Crippen LogP contribution in [0.2, 0.25) is 0 Å². The zero-order chi connectivity index (χ0) is 10.4. The Bertz CT molecular complexity index is 528. The van der Waals surface area contributed by atoms with Crippen LogP contribution in [0.25, 0.3) is 10.9 Å². The highest BCUT2D eigenvalue weighted by molar-refractivity contribution is 9.10. The fourth-order valence-electron chi connectivity index (χ4n) is 2.51. The third kappa shape index (κ3) is 1.26. The van der Waals surface area contributed by atoms with Crippen molar-refractivity contribution in [1.82, 2.24) is 9.88 Å². The summed E-state index contributed by atoms with van der Waals surface area (Å²) < 4.78 is 3.54. The Balaban J connectivity index is 2.44. The van der Waals surface area contributed by atoms with Gasteiger partial charge in [-0.15, -0.1) is 0 Å². The summed E-state index contributed by atoms with van der Waals surface area (Å²) in [5.41, 5.74) is 4.28. The summed E-state index contributed by atoms with van der Waals surface area (Å²) in [4.78, 5) is 0. The number of fused-ring (bicyclic) bond motifs is 3. The lowest BCUT2D eigenvalue weighted by Gasteiger charge is -2.14. The molecule has 0 bridgehead atoms. The Kier molecular flexibility index (Phi) is 2.11. The highest BCUT2D eigenvalue weighted by atomic mass is 79.9. The summed E-state index contributed by atoms with van der Waals surface area (Å²) in [6, 6.07) is 6.42. The van der Waals surface area contributed by atoms with Crippen LogP contribution in [0.15, 0.2) is 22.7 Å². The number of hydrogen-bond acceptors (Lipinski definition) is 1. The van der Waals surface area contributed by atoms with Gasteiger partial charge in [0, 0.05) is 47.6 Å². The Morgan fingerprint density at radius 2 is 2.27 bits per heavy atom. The normalized spacial score (nSPS) is 15.6. The van der Waals surface area contributed by atoms with Crippen LogP contribution < -0.4 is 5.32 Å². The number of aromatic nitrogens is 1. The van der Waals surface area contributed by atoms with E-state index in [1.165, 1.54) is 26.6 Å². The van der Waals surface area contributed by atoms with Crippen molar-refractivity contribution in [3.8, 4) is 0 Å². The monoisotopic (exact) mass is 264 g/mol. The fourth-order valence-corrected chi connectivity index (χ4v) is 3.11. The Morgan fingerprint density at radius 1 is 1.40 bits per heavy atom. The standard InChI is InChI=1S/C12H13BrN2/c1-15-10-5-6-14-7-8(10)12-9(13)3-2-4-11(12)15/h2-4,14H,5-7H2,1H3. The first-order valence-corrected chi connectivity index (χ1v) is 6.03. The van der Waals surface area contributed by atoms with Crippen LogP contribution >= 0.6 is 15.9 Å². The van der Waals surface area contributed by atoms with Crippen molar-refractivity contribution in [3.05, 3.63) is 33.9 Å². The van der Waals surface area contributed by atoms with Crippen molar-refractivity contribution in [2.75, 3.05) is 6.54 Å². The summed E-state index contributed by atoms with van der Waals surface area (Å²) in [5, 5.41) is 4.82. The number of nitrogens with one attached hydrogen (secondary N) is 1. The molecule has 1 aliphatic heterocycles. The van der Waals surface area contributed by atoms with Gasteiger partial charge < -0.3 is 9.88 Å². The van der Waals surface area contributed by atoms with Gasteiger partial charge in [-0.3, -0.25) is 0 Å². The molecule has 0 radical (unpaired) electrons. The smallest absolute Gasteiger partial charge is 0.0494 e. The summed E-state index contributed by atoms with van der Waals surface area (Å²) in [7, 11) is 2.17. The van der Waals surface area contributed by atoms with Crippen LogP contribution in [0.1, 0.15) is 11.3 Å². The molecule has 0 atom stereocenters. The molecule has 3 heteroatoms. The number of benzene rings is 1. The van der Waals surface area contributed by atoms with Crippen molar-refractivity contribution in [2.24, 2.45) is 7.05 Å². The van der Waals surface area contributed by atoms with Gasteiger partial charge in [-0.1, -0.05) is 22.0 Å². The lowest BCUT2D eigenvalue weighted by molar-refractivity contribution is 0.622. The maximum Gasteiger partial charge on any atom is 0.0494 e. The van der Waals surface area contributed by atoms with Crippen molar-refractivity contribution < 1.29 is 0 Å². The maximum absolute atomic E-state index is 3.65. The lowest BCUT2D eigenvalue weighted by Crippen LogP contribution is -2.24. The van der Waals surface area contributed by atoms with E-state index in [-0.39, 0.29) is 0 Å². The van der Waals surface area contributed by atoms with Crippen molar-refractivity contribution in [3.63, 3.8) is 0 Å². The van der Waals surface area contributed by atoms with Gasteiger partial charge in [0.1, 0.15) is 0 Å². The maximum atomic E-state index is 3.65. The van der Waals surface area contributed by atoms with Gasteiger partial charge in [0.25, 0.3) is 0 Å². The highest BCUT2D eigenvalue weighted by Crippen LogP contribution is 2.32. The third-order valence-electron chi connectivity index (χ3n) is 3.25. The molecule has 15 heavy (non-hydrogen) atoms. The predicted molar refractivity (Wildman–Crippen MR) is 66.0 cm³/mol. The molecular weight excluding hydrogens is 252 g/mol. The summed E-state index contributed by atoms with van der Waals surface area (Å²) in [6.45, 7) is 2.09. The fraction of sp³-hybridized carbons (Fsp3) is 0.333. The van der Waals surface area contributed by atoms with E-state index in [1.54, 1.807) is 0 Å². The zero-order valence-corrected chi connectivity index (χ0v) is 10.3. The number of hydrogen-bond donors (Lipinski definition) is 1. The van der Waals surface area contributed by atoms with Gasteiger partial charge in [-0.2, -0.15) is 0 Å². The number of nitrogens with zero attached hydrogens (tertiary/aromatic N) is 1. The first-order valence-electron chi connectivity index (χ1n) is 5.24. The zero-order valence-electron chi connectivity index (χ0n) is 8.68. The molecule has 0 amide bonds. The van der Waals surface area contributed by atoms with Crippen molar-refractivity contribution in [1.29, 1.82) is 0 Å². The van der Waals surface area contributed by atoms with Gasteiger partial charge in [0.05, 0.1) is 0 Å². The molecule has 0 spiro atoms. The second-order valence-electron chi connectivity index (χ2n) is 4.05. The molecule has 78 valence electrons. The first-order chi connectivity index (χ1) is 7.29. The van der Waals surface area contributed by atoms with E-state index in [0.717, 1.165) is 19.5 Å². The molecular formula is C12H13BrN2. The Labute approximate surface area is 97.4 Å². The quantitative estimate of drug-likeness (QED) is 0.774. The van der Waals surface area contributed by atoms with E-state index in [1.807, 2.05) is 0 Å². The van der Waals surface area contributed by atoms with Crippen LogP contribution in [0, 0.1) is 0 Å². The molecule has 1 aliphatic rings. The van der Waals surface area contributed by atoms with Crippen LogP contribution in [-0.4, -0.2) is 11.1 Å². The first kappa shape index (κ1) is 9.43. The van der Waals surface area contributed by atoms with Crippen molar-refractivity contribution >= 4 is 26.8 Å². The second-order valence-corrected chi connectivity index (χ2v) is 4.90. The van der Waals surface area contributed by atoms with E-state index in [0.29, 0.717) is 0 Å². The average molecular weight is 265 g/mol. The molecule has 3 rings (SSSR count). The minimum Gasteiger partial charge on any atom is -0.347 e. The molecule has 1 aromatic carbocycles. The topological polar surface area (TPSA) is 17.0 Å². The van der Waals surface area contributed by atoms with E-state index in [2.05, 4.69) is 51.1 Å². The van der Waals surface area contributed by atoms with Crippen LogP contribution in [0.5, 0.6) is 0 Å². The van der Waals surface area contributed by atoms with Gasteiger partial charge >= 0.3 is 0 Å². The third-order valence-corrected chi connectivity index (χ3v) is 3.91. The minimum absolute atomic E-state index is 0.995. The molecule has 0 saturated heterocycles. The Morgan fingerprint density at radius 3 is 3.13 bits per heavy atom. The molecule has 2 heterocycles. The molecule has 0 fully saturated rings. The summed E-state index contributed by atoms with van der Waals surface area (Å²) >= 11 is 3.65. The number of aryl methyl sites for hydroxylation is 1.